The molecule has 0 saturated carbocycles. The minimum absolute atomic E-state index is 0.104. The van der Waals surface area contributed by atoms with Crippen LogP contribution in [0.5, 0.6) is 5.75 Å². The van der Waals surface area contributed by atoms with Gasteiger partial charge in [-0.25, -0.2) is 0 Å². The number of ether oxygens (including phenoxy) is 1. The molecule has 5 rings (SSSR count). The van der Waals surface area contributed by atoms with E-state index in [2.05, 4.69) is 52.3 Å². The third-order valence-corrected chi connectivity index (χ3v) is 6.38. The molecular weight excluding hydrogens is 410 g/mol. The van der Waals surface area contributed by atoms with Crippen molar-refractivity contribution in [2.45, 2.75) is 38.6 Å². The highest BCUT2D eigenvalue weighted by molar-refractivity contribution is 5.70. The highest BCUT2D eigenvalue weighted by Gasteiger charge is 2.24. The fraction of sp³-hybridized carbons (Fsp3) is 0.250. The first-order valence-corrected chi connectivity index (χ1v) is 11.4. The SMILES string of the molecule is CC(=O)Oc1cccc2c1CCC(Cn1cc(C(c3ccccc3)c3cccnc3)cn1)C2. The van der Waals surface area contributed by atoms with Gasteiger partial charge in [-0.15, -0.1) is 0 Å². The van der Waals surface area contributed by atoms with Gasteiger partial charge in [-0.2, -0.15) is 5.10 Å². The molecule has 5 nitrogen and oxygen atoms in total. The number of carbonyl (C=O) groups excluding carboxylic acids is 1. The first-order valence-electron chi connectivity index (χ1n) is 11.4. The van der Waals surface area contributed by atoms with Gasteiger partial charge in [0.05, 0.1) is 6.20 Å². The molecule has 0 N–H and O–H groups in total. The predicted molar refractivity (Wildman–Crippen MR) is 127 cm³/mol. The quantitative estimate of drug-likeness (QED) is 0.308. The van der Waals surface area contributed by atoms with E-state index in [9.17, 15) is 4.79 Å². The summed E-state index contributed by atoms with van der Waals surface area (Å²) >= 11 is 0. The highest BCUT2D eigenvalue weighted by Crippen LogP contribution is 2.34. The zero-order chi connectivity index (χ0) is 22.6. The highest BCUT2D eigenvalue weighted by atomic mass is 16.5. The molecule has 0 amide bonds. The summed E-state index contributed by atoms with van der Waals surface area (Å²) in [5.41, 5.74) is 6.01. The molecule has 2 unspecified atom stereocenters. The van der Waals surface area contributed by atoms with Crippen molar-refractivity contribution >= 4 is 5.97 Å². The van der Waals surface area contributed by atoms with Crippen LogP contribution in [-0.4, -0.2) is 20.7 Å². The summed E-state index contributed by atoms with van der Waals surface area (Å²) < 4.78 is 7.49. The maximum atomic E-state index is 11.4. The van der Waals surface area contributed by atoms with Crippen LogP contribution in [0.4, 0.5) is 0 Å². The Balaban J connectivity index is 1.35. The van der Waals surface area contributed by atoms with E-state index in [1.165, 1.54) is 29.2 Å². The van der Waals surface area contributed by atoms with E-state index in [-0.39, 0.29) is 11.9 Å². The summed E-state index contributed by atoms with van der Waals surface area (Å²) in [5, 5.41) is 4.72. The number of pyridine rings is 1. The number of hydrogen-bond donors (Lipinski definition) is 0. The molecule has 2 heterocycles. The van der Waals surface area contributed by atoms with Crippen LogP contribution >= 0.6 is 0 Å². The van der Waals surface area contributed by atoms with E-state index in [0.717, 1.165) is 31.4 Å². The molecule has 0 aliphatic heterocycles. The third-order valence-electron chi connectivity index (χ3n) is 6.38. The normalized spacial score (nSPS) is 16.1. The Labute approximate surface area is 194 Å². The summed E-state index contributed by atoms with van der Waals surface area (Å²) in [7, 11) is 0. The fourth-order valence-corrected chi connectivity index (χ4v) is 4.92. The number of esters is 1. The lowest BCUT2D eigenvalue weighted by atomic mass is 9.83. The first kappa shape index (κ1) is 21.1. The van der Waals surface area contributed by atoms with Crippen LogP contribution in [0.3, 0.4) is 0 Å². The van der Waals surface area contributed by atoms with Gasteiger partial charge in [0, 0.05) is 43.5 Å². The summed E-state index contributed by atoms with van der Waals surface area (Å²) in [6, 6.07) is 20.6. The van der Waals surface area contributed by atoms with Crippen molar-refractivity contribution in [1.29, 1.82) is 0 Å². The zero-order valence-corrected chi connectivity index (χ0v) is 18.7. The van der Waals surface area contributed by atoms with E-state index in [0.29, 0.717) is 11.7 Å². The van der Waals surface area contributed by atoms with E-state index >= 15 is 0 Å². The van der Waals surface area contributed by atoms with E-state index < -0.39 is 0 Å². The number of benzene rings is 2. The molecular formula is C28H27N3O2. The molecule has 0 spiro atoms. The maximum Gasteiger partial charge on any atom is 0.308 e. The number of carbonyl (C=O) groups is 1. The average Bonchev–Trinajstić information content (AvgIpc) is 3.28. The molecule has 33 heavy (non-hydrogen) atoms. The van der Waals surface area contributed by atoms with Crippen molar-refractivity contribution in [2.24, 2.45) is 5.92 Å². The van der Waals surface area contributed by atoms with E-state index in [1.807, 2.05) is 42.9 Å². The summed E-state index contributed by atoms with van der Waals surface area (Å²) in [4.78, 5) is 15.8. The summed E-state index contributed by atoms with van der Waals surface area (Å²) in [6.45, 7) is 2.32. The second kappa shape index (κ2) is 9.41. The van der Waals surface area contributed by atoms with Crippen LogP contribution in [0.2, 0.25) is 0 Å². The van der Waals surface area contributed by atoms with Crippen LogP contribution < -0.4 is 4.74 Å². The number of aromatic nitrogens is 3. The number of fused-ring (bicyclic) bond motifs is 1. The molecule has 4 aromatic rings. The van der Waals surface area contributed by atoms with Gasteiger partial charge in [-0.3, -0.25) is 14.5 Å². The lowest BCUT2D eigenvalue weighted by Crippen LogP contribution is -2.20. The fourth-order valence-electron chi connectivity index (χ4n) is 4.92. The molecule has 0 radical (unpaired) electrons. The summed E-state index contributed by atoms with van der Waals surface area (Å²) in [5.74, 6) is 1.04. The monoisotopic (exact) mass is 437 g/mol. The molecule has 1 aliphatic rings. The maximum absolute atomic E-state index is 11.4. The van der Waals surface area contributed by atoms with Crippen molar-refractivity contribution in [2.75, 3.05) is 0 Å². The van der Waals surface area contributed by atoms with Crippen LogP contribution in [0, 0.1) is 5.92 Å². The molecule has 2 aromatic carbocycles. The zero-order valence-electron chi connectivity index (χ0n) is 18.7. The Hall–Kier alpha value is -3.73. The van der Waals surface area contributed by atoms with Gasteiger partial charge in [0.2, 0.25) is 0 Å². The van der Waals surface area contributed by atoms with E-state index in [4.69, 9.17) is 9.84 Å². The van der Waals surface area contributed by atoms with Crippen molar-refractivity contribution in [3.05, 3.63) is 113 Å². The Morgan fingerprint density at radius 1 is 1.03 bits per heavy atom. The van der Waals surface area contributed by atoms with Gasteiger partial charge in [0.25, 0.3) is 0 Å². The Kier molecular flexibility index (Phi) is 6.03. The van der Waals surface area contributed by atoms with E-state index in [1.54, 1.807) is 0 Å². The lowest BCUT2D eigenvalue weighted by molar-refractivity contribution is -0.131. The van der Waals surface area contributed by atoms with Gasteiger partial charge in [0.15, 0.2) is 0 Å². The van der Waals surface area contributed by atoms with Gasteiger partial charge >= 0.3 is 5.97 Å². The molecule has 0 bridgehead atoms. The second-order valence-corrected chi connectivity index (χ2v) is 8.72. The minimum Gasteiger partial charge on any atom is -0.426 e. The van der Waals surface area contributed by atoms with Crippen molar-refractivity contribution in [3.63, 3.8) is 0 Å². The molecule has 166 valence electrons. The second-order valence-electron chi connectivity index (χ2n) is 8.72. The number of hydrogen-bond acceptors (Lipinski definition) is 4. The van der Waals surface area contributed by atoms with Crippen molar-refractivity contribution in [3.8, 4) is 5.75 Å². The van der Waals surface area contributed by atoms with Gasteiger partial charge in [-0.1, -0.05) is 48.5 Å². The molecule has 0 saturated heterocycles. The first-order chi connectivity index (χ1) is 16.2. The largest absolute Gasteiger partial charge is 0.426 e. The van der Waals surface area contributed by atoms with Gasteiger partial charge in [0.1, 0.15) is 5.75 Å². The van der Waals surface area contributed by atoms with Gasteiger partial charge < -0.3 is 4.74 Å². The Bertz CT molecular complexity index is 1200. The smallest absolute Gasteiger partial charge is 0.308 e. The van der Waals surface area contributed by atoms with Crippen LogP contribution in [-0.2, 0) is 24.2 Å². The number of nitrogens with zero attached hydrogens (tertiary/aromatic N) is 3. The van der Waals surface area contributed by atoms with Gasteiger partial charge in [-0.05, 0) is 59.6 Å². The Morgan fingerprint density at radius 2 is 1.88 bits per heavy atom. The summed E-state index contributed by atoms with van der Waals surface area (Å²) in [6.07, 6.45) is 10.8. The standard InChI is InChI=1S/C28H27N3O2/c1-20(32)33-27-11-5-9-23-15-21(12-13-26(23)27)18-31-19-25(17-30-31)28(22-7-3-2-4-8-22)24-10-6-14-29-16-24/h2-11,14,16-17,19,21,28H,12-13,15,18H2,1H3. The van der Waals surface area contributed by atoms with Crippen LogP contribution in [0.25, 0.3) is 0 Å². The lowest BCUT2D eigenvalue weighted by Gasteiger charge is -2.26. The molecule has 5 heteroatoms. The Morgan fingerprint density at radius 3 is 2.67 bits per heavy atom. The molecule has 2 aromatic heterocycles. The number of rotatable bonds is 6. The molecule has 2 atom stereocenters. The molecule has 1 aliphatic carbocycles. The van der Waals surface area contributed by atoms with Crippen molar-refractivity contribution < 1.29 is 9.53 Å². The molecule has 0 fully saturated rings. The minimum atomic E-state index is -0.267. The van der Waals surface area contributed by atoms with Crippen LogP contribution in [0.1, 0.15) is 47.1 Å². The van der Waals surface area contributed by atoms with Crippen molar-refractivity contribution in [1.82, 2.24) is 14.8 Å². The predicted octanol–water partition coefficient (Wildman–Crippen LogP) is 5.19. The van der Waals surface area contributed by atoms with Crippen LogP contribution in [0.15, 0.2) is 85.5 Å². The third kappa shape index (κ3) is 4.72. The average molecular weight is 438 g/mol. The topological polar surface area (TPSA) is 57.0 Å².